The summed E-state index contributed by atoms with van der Waals surface area (Å²) in [6.45, 7) is 12.5. The third kappa shape index (κ3) is 3.13. The van der Waals surface area contributed by atoms with Crippen LogP contribution >= 0.6 is 0 Å². The maximum Gasteiger partial charge on any atom is 0.309 e. The summed E-state index contributed by atoms with van der Waals surface area (Å²) in [5.41, 5.74) is -1.27. The van der Waals surface area contributed by atoms with Gasteiger partial charge < -0.3 is 19.3 Å². The van der Waals surface area contributed by atoms with Crippen LogP contribution < -0.4 is 0 Å². The maximum atomic E-state index is 14.7. The summed E-state index contributed by atoms with van der Waals surface area (Å²) in [6.07, 6.45) is 7.96. The summed E-state index contributed by atoms with van der Waals surface area (Å²) in [5, 5.41) is 13.0. The molecular weight excluding hydrogens is 456 g/mol. The van der Waals surface area contributed by atoms with Crippen molar-refractivity contribution in [2.75, 3.05) is 6.61 Å². The number of rotatable bonds is 2. The molecule has 1 saturated heterocycles. The van der Waals surface area contributed by atoms with Crippen molar-refractivity contribution >= 4 is 11.8 Å². The minimum atomic E-state index is -1.72. The second kappa shape index (κ2) is 7.77. The summed E-state index contributed by atoms with van der Waals surface area (Å²) in [5.74, 6) is -1.08. The molecule has 1 aliphatic heterocycles. The fourth-order valence-corrected chi connectivity index (χ4v) is 8.85. The van der Waals surface area contributed by atoms with Crippen molar-refractivity contribution in [1.29, 1.82) is 0 Å². The van der Waals surface area contributed by atoms with Gasteiger partial charge in [-0.25, -0.2) is 0 Å². The second-order valence-electron chi connectivity index (χ2n) is 13.6. The van der Waals surface area contributed by atoms with Gasteiger partial charge in [0.1, 0.15) is 6.10 Å². The molecule has 7 unspecified atom stereocenters. The molecule has 0 radical (unpaired) electrons. The molecular formula is C30H42O6. The van der Waals surface area contributed by atoms with E-state index in [2.05, 4.69) is 20.8 Å². The first-order valence-electron chi connectivity index (χ1n) is 14.0. The molecule has 6 heteroatoms. The lowest BCUT2D eigenvalue weighted by atomic mass is 9.58. The molecule has 0 aromatic heterocycles. The summed E-state index contributed by atoms with van der Waals surface area (Å²) >= 11 is 0. The van der Waals surface area contributed by atoms with Crippen molar-refractivity contribution < 1.29 is 28.9 Å². The summed E-state index contributed by atoms with van der Waals surface area (Å²) < 4.78 is 18.8. The van der Waals surface area contributed by atoms with E-state index in [1.807, 2.05) is 32.9 Å². The molecule has 4 fully saturated rings. The molecule has 2 bridgehead atoms. The van der Waals surface area contributed by atoms with E-state index < -0.39 is 29.0 Å². The Balaban J connectivity index is 1.49. The van der Waals surface area contributed by atoms with Gasteiger partial charge in [-0.3, -0.25) is 9.59 Å². The first-order chi connectivity index (χ1) is 16.8. The lowest BCUT2D eigenvalue weighted by Crippen LogP contribution is -2.68. The van der Waals surface area contributed by atoms with Gasteiger partial charge in [-0.1, -0.05) is 52.2 Å². The van der Waals surface area contributed by atoms with Gasteiger partial charge in [-0.15, -0.1) is 0 Å². The Morgan fingerprint density at radius 1 is 1.14 bits per heavy atom. The highest BCUT2D eigenvalue weighted by Crippen LogP contribution is 2.72. The molecule has 6 aliphatic rings. The minimum absolute atomic E-state index is 0.0504. The van der Waals surface area contributed by atoms with Gasteiger partial charge in [0.05, 0.1) is 17.9 Å². The average molecular weight is 499 g/mol. The van der Waals surface area contributed by atoms with Gasteiger partial charge >= 0.3 is 5.97 Å². The third-order valence-electron chi connectivity index (χ3n) is 10.8. The number of ether oxygens (including phenoxy) is 3. The number of ketones is 1. The number of hydrogen-bond acceptors (Lipinski definition) is 6. The van der Waals surface area contributed by atoms with Crippen LogP contribution in [-0.2, 0) is 23.8 Å². The van der Waals surface area contributed by atoms with Crippen molar-refractivity contribution in [3.63, 3.8) is 0 Å². The number of esters is 1. The van der Waals surface area contributed by atoms with Crippen molar-refractivity contribution in [3.05, 3.63) is 23.3 Å². The van der Waals surface area contributed by atoms with Gasteiger partial charge in [-0.2, -0.15) is 0 Å². The van der Waals surface area contributed by atoms with Gasteiger partial charge in [0, 0.05) is 5.92 Å². The highest BCUT2D eigenvalue weighted by Gasteiger charge is 2.77. The number of Topliss-reactive ketones (excluding diaryl/α,β-unsaturated/α-hetero) is 1. The molecule has 6 nitrogen and oxygen atoms in total. The molecule has 198 valence electrons. The Morgan fingerprint density at radius 3 is 2.53 bits per heavy atom. The van der Waals surface area contributed by atoms with E-state index in [1.54, 1.807) is 0 Å². The first-order valence-corrected chi connectivity index (χ1v) is 14.0. The number of fused-ring (bicyclic) bond motifs is 5. The van der Waals surface area contributed by atoms with Crippen LogP contribution in [0.5, 0.6) is 0 Å². The minimum Gasteiger partial charge on any atom is -0.454 e. The van der Waals surface area contributed by atoms with E-state index in [-0.39, 0.29) is 47.4 Å². The molecule has 0 amide bonds. The van der Waals surface area contributed by atoms with E-state index in [0.29, 0.717) is 5.92 Å². The van der Waals surface area contributed by atoms with Crippen molar-refractivity contribution in [3.8, 4) is 0 Å². The standard InChI is InChI=1S/C30H42O6/c1-16-14-29-17(2)12-21-22(27(21,3)4)20(23(29)31)13-19-15-34-28(5,6)36-25(19)30(29,33)24(16)35-26(32)18-10-8-7-9-11-18/h13-14,17-18,20-22,24-25,33H,7-12,15H2,1-6H3/t17-,20?,21?,22?,24?,25?,29?,30?/m1/s1. The molecule has 8 atom stereocenters. The molecule has 0 aromatic carbocycles. The number of carbonyl (C=O) groups excluding carboxylic acids is 2. The Kier molecular flexibility index (Phi) is 5.35. The Labute approximate surface area is 214 Å². The largest absolute Gasteiger partial charge is 0.454 e. The number of aliphatic hydroxyl groups is 1. The molecule has 1 heterocycles. The van der Waals surface area contributed by atoms with Crippen molar-refractivity contribution in [1.82, 2.24) is 0 Å². The van der Waals surface area contributed by atoms with Gasteiger partial charge in [0.15, 0.2) is 23.3 Å². The zero-order chi connectivity index (χ0) is 25.8. The van der Waals surface area contributed by atoms with E-state index >= 15 is 0 Å². The van der Waals surface area contributed by atoms with Crippen molar-refractivity contribution in [2.24, 2.45) is 40.4 Å². The molecule has 1 N–H and O–H groups in total. The fourth-order valence-electron chi connectivity index (χ4n) is 8.85. The predicted octanol–water partition coefficient (Wildman–Crippen LogP) is 4.74. The first kappa shape index (κ1) is 24.8. The van der Waals surface area contributed by atoms with Crippen LogP contribution in [0.2, 0.25) is 0 Å². The lowest BCUT2D eigenvalue weighted by Gasteiger charge is -2.52. The Bertz CT molecular complexity index is 1050. The maximum absolute atomic E-state index is 14.7. The highest BCUT2D eigenvalue weighted by atomic mass is 16.7. The number of carbonyl (C=O) groups is 2. The van der Waals surface area contributed by atoms with Gasteiger partial charge in [0.25, 0.3) is 0 Å². The summed E-state index contributed by atoms with van der Waals surface area (Å²) in [6, 6.07) is 0. The van der Waals surface area contributed by atoms with E-state index in [4.69, 9.17) is 14.2 Å². The smallest absolute Gasteiger partial charge is 0.309 e. The highest BCUT2D eigenvalue weighted by molar-refractivity contribution is 5.95. The Morgan fingerprint density at radius 2 is 1.83 bits per heavy atom. The van der Waals surface area contributed by atoms with Gasteiger partial charge in [0.2, 0.25) is 0 Å². The van der Waals surface area contributed by atoms with E-state index in [1.165, 1.54) is 0 Å². The molecule has 36 heavy (non-hydrogen) atoms. The van der Waals surface area contributed by atoms with Crippen LogP contribution in [0, 0.1) is 40.4 Å². The van der Waals surface area contributed by atoms with Gasteiger partial charge in [-0.05, 0) is 74.3 Å². The predicted molar refractivity (Wildman–Crippen MR) is 134 cm³/mol. The van der Waals surface area contributed by atoms with E-state index in [9.17, 15) is 14.7 Å². The zero-order valence-electron chi connectivity index (χ0n) is 22.6. The quantitative estimate of drug-likeness (QED) is 0.437. The van der Waals surface area contributed by atoms with Crippen LogP contribution in [-0.4, -0.2) is 47.1 Å². The topological polar surface area (TPSA) is 82.1 Å². The van der Waals surface area contributed by atoms with Crippen LogP contribution in [0.25, 0.3) is 0 Å². The monoisotopic (exact) mass is 498 g/mol. The lowest BCUT2D eigenvalue weighted by molar-refractivity contribution is -0.304. The average Bonchev–Trinajstić information content (AvgIpc) is 3.32. The molecule has 0 aromatic rings. The Hall–Kier alpha value is -1.50. The SMILES string of the molecule is CC1=CC23C(=O)C(C=C4COC(C)(C)OC4C2(O)C1OC(=O)C1CCCCC1)C1C(C[C@H]3C)C1(C)C. The molecule has 1 spiro atoms. The van der Waals surface area contributed by atoms with Crippen molar-refractivity contribution in [2.45, 2.75) is 104 Å². The molecule has 3 saturated carbocycles. The van der Waals surface area contributed by atoms with Crippen LogP contribution in [0.15, 0.2) is 23.3 Å². The fraction of sp³-hybridized carbons (Fsp3) is 0.800. The molecule has 6 rings (SSSR count). The van der Waals surface area contributed by atoms with Crippen LogP contribution in [0.1, 0.15) is 80.1 Å². The normalized spacial score (nSPS) is 46.8. The zero-order valence-corrected chi connectivity index (χ0v) is 22.6. The number of allylic oxidation sites excluding steroid dienone is 1. The van der Waals surface area contributed by atoms with Crippen LogP contribution in [0.4, 0.5) is 0 Å². The van der Waals surface area contributed by atoms with Crippen LogP contribution in [0.3, 0.4) is 0 Å². The molecule has 5 aliphatic carbocycles. The summed E-state index contributed by atoms with van der Waals surface area (Å²) in [4.78, 5) is 28.1. The summed E-state index contributed by atoms with van der Waals surface area (Å²) in [7, 11) is 0. The second-order valence-corrected chi connectivity index (χ2v) is 13.6. The van der Waals surface area contributed by atoms with E-state index in [0.717, 1.165) is 49.7 Å². The number of hydrogen-bond donors (Lipinski definition) is 1. The third-order valence-corrected chi connectivity index (χ3v) is 10.8.